The van der Waals surface area contributed by atoms with Gasteiger partial charge in [-0.15, -0.1) is 0 Å². The first kappa shape index (κ1) is 92.7. The van der Waals surface area contributed by atoms with Gasteiger partial charge in [-0.2, -0.15) is 0 Å². The Labute approximate surface area is 591 Å². The molecule has 556 valence electrons. The van der Waals surface area contributed by atoms with Gasteiger partial charge in [0.05, 0.1) is 32.8 Å². The van der Waals surface area contributed by atoms with Gasteiger partial charge in [-0.1, -0.05) is 250 Å². The summed E-state index contributed by atoms with van der Waals surface area (Å²) in [5, 5.41) is 10.6. The van der Waals surface area contributed by atoms with E-state index in [-0.39, 0.29) is 25.7 Å². The Morgan fingerprint density at radius 1 is 0.306 bits per heavy atom. The smallest absolute Gasteiger partial charge is 0.462 e. The maximum absolute atomic E-state index is 13.1. The number of aliphatic hydroxyl groups is 1. The highest BCUT2D eigenvalue weighted by molar-refractivity contribution is 7.47. The van der Waals surface area contributed by atoms with Gasteiger partial charge in [0.25, 0.3) is 0 Å². The topological polar surface area (TPSA) is 237 Å². The maximum atomic E-state index is 13.1. The molecule has 19 heteroatoms. The van der Waals surface area contributed by atoms with Crippen molar-refractivity contribution in [3.05, 3.63) is 158 Å². The van der Waals surface area contributed by atoms with Crippen LogP contribution in [0.4, 0.5) is 0 Å². The van der Waals surface area contributed by atoms with Crippen LogP contribution in [0.25, 0.3) is 0 Å². The lowest BCUT2D eigenvalue weighted by Crippen LogP contribution is -2.30. The summed E-state index contributed by atoms with van der Waals surface area (Å²) in [5.41, 5.74) is 0. The molecule has 0 aliphatic carbocycles. The summed E-state index contributed by atoms with van der Waals surface area (Å²) < 4.78 is 68.1. The molecule has 0 aromatic rings. The van der Waals surface area contributed by atoms with Crippen LogP contribution < -0.4 is 0 Å². The second kappa shape index (κ2) is 70.1. The van der Waals surface area contributed by atoms with Crippen LogP contribution in [0.2, 0.25) is 0 Å². The molecule has 17 nitrogen and oxygen atoms in total. The molecule has 98 heavy (non-hydrogen) atoms. The lowest BCUT2D eigenvalue weighted by atomic mass is 10.1. The van der Waals surface area contributed by atoms with E-state index >= 15 is 0 Å². The molecule has 0 amide bonds. The van der Waals surface area contributed by atoms with Crippen LogP contribution in [0.1, 0.15) is 259 Å². The number of carbonyl (C=O) groups excluding carboxylic acids is 4. The zero-order valence-corrected chi connectivity index (χ0v) is 62.2. The van der Waals surface area contributed by atoms with E-state index in [0.717, 1.165) is 167 Å². The van der Waals surface area contributed by atoms with Crippen molar-refractivity contribution in [3.63, 3.8) is 0 Å². The number of rotatable bonds is 67. The number of esters is 4. The van der Waals surface area contributed by atoms with E-state index < -0.39 is 97.5 Å². The fraction of sp³-hybridized carbons (Fsp3) is 0.620. The summed E-state index contributed by atoms with van der Waals surface area (Å²) in [5.74, 6) is -2.40. The largest absolute Gasteiger partial charge is 0.472 e. The first-order valence-electron chi connectivity index (χ1n) is 36.7. The summed E-state index contributed by atoms with van der Waals surface area (Å²) in [6.07, 6.45) is 80.0. The molecule has 5 atom stereocenters. The number of aliphatic hydroxyl groups excluding tert-OH is 1. The van der Waals surface area contributed by atoms with Gasteiger partial charge < -0.3 is 33.8 Å². The molecular formula is C79H128O17P2. The van der Waals surface area contributed by atoms with Crippen molar-refractivity contribution in [1.82, 2.24) is 0 Å². The third-order valence-electron chi connectivity index (χ3n) is 14.5. The summed E-state index contributed by atoms with van der Waals surface area (Å²) in [7, 11) is -10.00. The Balaban J connectivity index is 5.45. The summed E-state index contributed by atoms with van der Waals surface area (Å²) in [4.78, 5) is 72.6. The van der Waals surface area contributed by atoms with E-state index in [1.165, 1.54) is 12.8 Å². The number of ether oxygens (including phenoxy) is 4. The summed E-state index contributed by atoms with van der Waals surface area (Å²) in [6.45, 7) is 4.32. The minimum Gasteiger partial charge on any atom is -0.462 e. The Bertz CT molecular complexity index is 2480. The zero-order chi connectivity index (χ0) is 71.8. The number of hydrogen-bond donors (Lipinski definition) is 3. The Morgan fingerprint density at radius 3 is 0.969 bits per heavy atom. The average Bonchev–Trinajstić information content (AvgIpc) is 0.992. The Kier molecular flexibility index (Phi) is 66.3. The van der Waals surface area contributed by atoms with Crippen LogP contribution in [-0.2, 0) is 65.4 Å². The van der Waals surface area contributed by atoms with Crippen LogP contribution in [0, 0.1) is 0 Å². The number of carbonyl (C=O) groups is 4. The lowest BCUT2D eigenvalue weighted by molar-refractivity contribution is -0.161. The highest BCUT2D eigenvalue weighted by atomic mass is 31.2. The first-order valence-corrected chi connectivity index (χ1v) is 39.7. The van der Waals surface area contributed by atoms with Gasteiger partial charge in [0.15, 0.2) is 12.2 Å². The molecule has 0 heterocycles. The highest BCUT2D eigenvalue weighted by Gasteiger charge is 2.30. The van der Waals surface area contributed by atoms with Crippen LogP contribution >= 0.6 is 15.6 Å². The van der Waals surface area contributed by atoms with E-state index in [1.54, 1.807) is 12.2 Å². The van der Waals surface area contributed by atoms with Gasteiger partial charge in [-0.05, 0) is 141 Å². The van der Waals surface area contributed by atoms with Crippen LogP contribution in [0.5, 0.6) is 0 Å². The van der Waals surface area contributed by atoms with Gasteiger partial charge in [0.2, 0.25) is 0 Å². The monoisotopic (exact) mass is 1410 g/mol. The second-order valence-electron chi connectivity index (χ2n) is 23.8. The fourth-order valence-electron chi connectivity index (χ4n) is 8.93. The van der Waals surface area contributed by atoms with E-state index in [1.807, 2.05) is 12.2 Å². The van der Waals surface area contributed by atoms with Crippen LogP contribution in [0.15, 0.2) is 158 Å². The molecule has 0 aromatic carbocycles. The van der Waals surface area contributed by atoms with E-state index in [9.17, 15) is 43.2 Å². The molecule has 5 unspecified atom stereocenters. The quantitative estimate of drug-likeness (QED) is 0.0169. The SMILES string of the molecule is CC/C=C\C/C=C\C/C=C\C/C=C\C/C=C\CCCCCC(=O)OCC(COP(=O)(O)OCC(O)COP(=O)(O)OCC(COC(=O)CCCCCCC/C=C\C/C=C\CCC)OC(=O)CCCCCCC/C=C\CCCC)OC(=O)C/C=C\C/C=C\C/C=C\C/C=C\C/C=C\CC. The average molecular weight is 1410 g/mol. The van der Waals surface area contributed by atoms with Crippen molar-refractivity contribution in [2.45, 2.75) is 277 Å². The molecule has 0 bridgehead atoms. The first-order chi connectivity index (χ1) is 47.7. The number of unbranched alkanes of at least 4 members (excludes halogenated alkanes) is 16. The van der Waals surface area contributed by atoms with Crippen molar-refractivity contribution < 1.29 is 80.2 Å². The molecule has 3 N–H and O–H groups in total. The number of phosphoric acid groups is 2. The maximum Gasteiger partial charge on any atom is 0.472 e. The third kappa shape index (κ3) is 69.2. The van der Waals surface area contributed by atoms with Crippen LogP contribution in [-0.4, -0.2) is 96.7 Å². The normalized spacial score (nSPS) is 14.9. The summed E-state index contributed by atoms with van der Waals surface area (Å²) in [6, 6.07) is 0. The minimum atomic E-state index is -5.01. The molecule has 0 radical (unpaired) electrons. The molecule has 0 aromatic heterocycles. The third-order valence-corrected chi connectivity index (χ3v) is 16.4. The fourth-order valence-corrected chi connectivity index (χ4v) is 10.5. The number of hydrogen-bond acceptors (Lipinski definition) is 15. The van der Waals surface area contributed by atoms with E-state index in [2.05, 4.69) is 161 Å². The van der Waals surface area contributed by atoms with Gasteiger partial charge in [0, 0.05) is 19.3 Å². The highest BCUT2D eigenvalue weighted by Crippen LogP contribution is 2.45. The number of allylic oxidation sites excluding steroid dienone is 25. The van der Waals surface area contributed by atoms with Crippen molar-refractivity contribution >= 4 is 39.5 Å². The van der Waals surface area contributed by atoms with E-state index in [4.69, 9.17) is 37.0 Å². The molecular weight excluding hydrogens is 1280 g/mol. The predicted octanol–water partition coefficient (Wildman–Crippen LogP) is 20.9. The Hall–Kier alpha value is -5.32. The van der Waals surface area contributed by atoms with Gasteiger partial charge in [-0.3, -0.25) is 37.3 Å². The molecule has 0 saturated heterocycles. The van der Waals surface area contributed by atoms with Gasteiger partial charge in [-0.25, -0.2) is 9.13 Å². The van der Waals surface area contributed by atoms with E-state index in [0.29, 0.717) is 25.7 Å². The molecule has 0 saturated carbocycles. The molecule has 0 fully saturated rings. The van der Waals surface area contributed by atoms with Crippen molar-refractivity contribution in [2.24, 2.45) is 0 Å². The van der Waals surface area contributed by atoms with Crippen molar-refractivity contribution in [2.75, 3.05) is 39.6 Å². The van der Waals surface area contributed by atoms with Crippen molar-refractivity contribution in [3.8, 4) is 0 Å². The Morgan fingerprint density at radius 2 is 0.592 bits per heavy atom. The minimum absolute atomic E-state index is 0.0739. The lowest BCUT2D eigenvalue weighted by Gasteiger charge is -2.21. The van der Waals surface area contributed by atoms with Crippen molar-refractivity contribution in [1.29, 1.82) is 0 Å². The van der Waals surface area contributed by atoms with Gasteiger partial charge in [0.1, 0.15) is 19.3 Å². The zero-order valence-electron chi connectivity index (χ0n) is 60.4. The van der Waals surface area contributed by atoms with Gasteiger partial charge >= 0.3 is 39.5 Å². The standard InChI is InChI=1S/C79H128O17P2/c1-5-9-13-17-21-25-29-32-34-35-36-37-39-41-45-48-52-56-60-64-77(82)90-70-75(96-79(84)66-62-58-54-50-46-42-38-33-30-26-22-18-14-10-6-2)72-94-98(87,88)92-68-73(80)67-91-97(85,86)93-71-74(95-78(83)65-61-57-53-49-43-28-24-20-16-12-8-4)69-89-76(81)63-59-55-51-47-44-40-31-27-23-19-15-11-7-3/h9-10,13-15,19-22,24-27,31-34,36-38,41,45-46,50,58,62,73-75,80H,5-8,11-12,16-18,23,28-30,35,39-40,42-44,47-49,51-57,59-61,63-72H2,1-4H3,(H,85,86)(H,87,88)/b13-9-,14-10-,19-15-,24-20-,25-21-,26-22-,31-27-,34-32-,37-36-,38-33-,45-41-,50-46-,62-58-. The summed E-state index contributed by atoms with van der Waals surface area (Å²) >= 11 is 0. The molecule has 0 spiro atoms. The molecule has 0 aliphatic heterocycles. The molecule has 0 aliphatic rings. The molecule has 0 rings (SSSR count). The second-order valence-corrected chi connectivity index (χ2v) is 26.7. The predicted molar refractivity (Wildman–Crippen MR) is 399 cm³/mol. The number of phosphoric ester groups is 2. The van der Waals surface area contributed by atoms with Crippen LogP contribution in [0.3, 0.4) is 0 Å².